The molecule has 1 aliphatic rings. The summed E-state index contributed by atoms with van der Waals surface area (Å²) in [4.78, 5) is 2.29. The van der Waals surface area contributed by atoms with E-state index in [1.807, 2.05) is 13.0 Å². The van der Waals surface area contributed by atoms with E-state index in [0.29, 0.717) is 5.69 Å². The summed E-state index contributed by atoms with van der Waals surface area (Å²) in [5, 5.41) is 17.2. The molecule has 0 aromatic carbocycles. The lowest BCUT2D eigenvalue weighted by Crippen LogP contribution is -2.29. The monoisotopic (exact) mass is 233 g/mol. The first-order chi connectivity index (χ1) is 8.18. The maximum Gasteiger partial charge on any atom is 0.162 e. The largest absolute Gasteiger partial charge is 0.427 e. The minimum absolute atomic E-state index is 0.137. The highest BCUT2D eigenvalue weighted by Gasteiger charge is 2.09. The van der Waals surface area contributed by atoms with E-state index < -0.39 is 0 Å². The zero-order valence-electron chi connectivity index (χ0n) is 10.2. The van der Waals surface area contributed by atoms with Gasteiger partial charge in [-0.25, -0.2) is 0 Å². The van der Waals surface area contributed by atoms with E-state index in [2.05, 4.69) is 17.1 Å². The Bertz CT molecular complexity index is 476. The molecule has 4 heteroatoms. The lowest BCUT2D eigenvalue weighted by molar-refractivity contribution is 0.164. The Hall–Kier alpha value is -1.71. The van der Waals surface area contributed by atoms with Crippen LogP contribution >= 0.6 is 0 Å². The molecule has 0 bridgehead atoms. The zero-order valence-corrected chi connectivity index (χ0v) is 10.2. The van der Waals surface area contributed by atoms with Crippen LogP contribution in [0.4, 0.5) is 5.69 Å². The van der Waals surface area contributed by atoms with Crippen molar-refractivity contribution in [1.82, 2.24) is 4.73 Å². The number of hydrogen-bond acceptors (Lipinski definition) is 3. The molecule has 17 heavy (non-hydrogen) atoms. The van der Waals surface area contributed by atoms with Gasteiger partial charge in [0.1, 0.15) is 0 Å². The number of allylic oxidation sites excluding steroid dienone is 1. The average Bonchev–Trinajstić information content (AvgIpc) is 2.25. The first-order valence-corrected chi connectivity index (χ1v) is 6.06. The number of aromatic nitrogens is 1. The lowest BCUT2D eigenvalue weighted by Gasteiger charge is -2.26. The average molecular weight is 233 g/mol. The second kappa shape index (κ2) is 5.08. The van der Waals surface area contributed by atoms with Crippen LogP contribution < -0.4 is 10.4 Å². The molecule has 92 valence electrons. The summed E-state index contributed by atoms with van der Waals surface area (Å²) in [6.45, 7) is 3.80. The number of rotatable bonds is 1. The van der Waals surface area contributed by atoms with Gasteiger partial charge in [0.2, 0.25) is 0 Å². The summed E-state index contributed by atoms with van der Waals surface area (Å²) in [5.41, 5.74) is 1.87. The van der Waals surface area contributed by atoms with Crippen molar-refractivity contribution in [3.05, 3.63) is 35.5 Å². The standard InChI is InChI=1S/C13H19N3O/c1-11-9-12(10-13(14)16(11)17)15-7-5-3-2-4-6-8-15/h2-3,9-10,14,17H,4-8H2,1H3/b3-2-,14-13?. The van der Waals surface area contributed by atoms with Crippen molar-refractivity contribution < 1.29 is 5.21 Å². The molecule has 1 aliphatic heterocycles. The second-order valence-electron chi connectivity index (χ2n) is 4.44. The van der Waals surface area contributed by atoms with Crippen LogP contribution in [0.15, 0.2) is 24.3 Å². The smallest absolute Gasteiger partial charge is 0.162 e. The maximum atomic E-state index is 9.53. The molecule has 0 spiro atoms. The predicted octanol–water partition coefficient (Wildman–Crippen LogP) is 2.06. The van der Waals surface area contributed by atoms with Gasteiger partial charge in [0.05, 0.1) is 5.69 Å². The molecule has 0 atom stereocenters. The van der Waals surface area contributed by atoms with Gasteiger partial charge < -0.3 is 10.1 Å². The van der Waals surface area contributed by atoms with Gasteiger partial charge in [0, 0.05) is 24.8 Å². The Morgan fingerprint density at radius 3 is 2.71 bits per heavy atom. The molecule has 1 aromatic rings. The van der Waals surface area contributed by atoms with Gasteiger partial charge in [-0.3, -0.25) is 5.41 Å². The Labute approximate surface area is 101 Å². The lowest BCUT2D eigenvalue weighted by atomic mass is 10.2. The van der Waals surface area contributed by atoms with E-state index >= 15 is 0 Å². The van der Waals surface area contributed by atoms with Crippen LogP contribution in [0.2, 0.25) is 0 Å². The molecule has 2 N–H and O–H groups in total. The van der Waals surface area contributed by atoms with Gasteiger partial charge in [-0.05, 0) is 32.3 Å². The predicted molar refractivity (Wildman–Crippen MR) is 67.4 cm³/mol. The number of pyridine rings is 1. The van der Waals surface area contributed by atoms with E-state index in [4.69, 9.17) is 5.41 Å². The van der Waals surface area contributed by atoms with E-state index in [9.17, 15) is 5.21 Å². The summed E-state index contributed by atoms with van der Waals surface area (Å²) in [6.07, 6.45) is 7.76. The van der Waals surface area contributed by atoms with Crippen LogP contribution in [0.1, 0.15) is 25.0 Å². The summed E-state index contributed by atoms with van der Waals surface area (Å²) in [6, 6.07) is 3.65. The number of nitrogens with zero attached hydrogens (tertiary/aromatic N) is 2. The van der Waals surface area contributed by atoms with Crippen molar-refractivity contribution >= 4 is 5.69 Å². The summed E-state index contributed by atoms with van der Waals surface area (Å²) in [5.74, 6) is 0. The van der Waals surface area contributed by atoms with Crippen molar-refractivity contribution in [2.24, 2.45) is 0 Å². The zero-order chi connectivity index (χ0) is 12.3. The minimum Gasteiger partial charge on any atom is -0.427 e. The molecule has 1 aromatic heterocycles. The molecular formula is C13H19N3O. The summed E-state index contributed by atoms with van der Waals surface area (Å²) in [7, 11) is 0. The van der Waals surface area contributed by atoms with Crippen molar-refractivity contribution in [3.63, 3.8) is 0 Å². The molecule has 0 unspecified atom stereocenters. The minimum atomic E-state index is 0.137. The van der Waals surface area contributed by atoms with Gasteiger partial charge in [-0.15, -0.1) is 0 Å². The van der Waals surface area contributed by atoms with Gasteiger partial charge in [0.25, 0.3) is 0 Å². The van der Waals surface area contributed by atoms with E-state index in [0.717, 1.165) is 42.8 Å². The normalized spacial score (nSPS) is 18.5. The number of anilines is 1. The Kier molecular flexibility index (Phi) is 3.52. The molecule has 2 heterocycles. The third-order valence-electron chi connectivity index (χ3n) is 3.10. The number of hydrogen-bond donors (Lipinski definition) is 2. The summed E-state index contributed by atoms with van der Waals surface area (Å²) < 4.78 is 0.910. The van der Waals surface area contributed by atoms with Crippen molar-refractivity contribution in [2.75, 3.05) is 18.0 Å². The molecule has 0 fully saturated rings. The van der Waals surface area contributed by atoms with Crippen molar-refractivity contribution in [1.29, 1.82) is 5.41 Å². The van der Waals surface area contributed by atoms with Crippen LogP contribution in [-0.2, 0) is 0 Å². The first-order valence-electron chi connectivity index (χ1n) is 6.06. The van der Waals surface area contributed by atoms with Crippen molar-refractivity contribution in [3.8, 4) is 0 Å². The molecule has 0 saturated carbocycles. The maximum absolute atomic E-state index is 9.53. The molecule has 0 saturated heterocycles. The van der Waals surface area contributed by atoms with Crippen LogP contribution in [0, 0.1) is 12.3 Å². The highest BCUT2D eigenvalue weighted by molar-refractivity contribution is 5.46. The number of aryl methyl sites for hydroxylation is 1. The quantitative estimate of drug-likeness (QED) is 0.576. The fraction of sp³-hybridized carbons (Fsp3) is 0.462. The van der Waals surface area contributed by atoms with Gasteiger partial charge >= 0.3 is 0 Å². The SMILES string of the molecule is Cc1cc(N2CC/C=C\CCC2)cc(=N)n1O. The van der Waals surface area contributed by atoms with Crippen LogP contribution in [0.3, 0.4) is 0 Å². The van der Waals surface area contributed by atoms with Crippen LogP contribution in [0.5, 0.6) is 0 Å². The highest BCUT2D eigenvalue weighted by atomic mass is 16.5. The van der Waals surface area contributed by atoms with E-state index in [1.165, 1.54) is 0 Å². The first kappa shape index (κ1) is 11.8. The molecular weight excluding hydrogens is 214 g/mol. The molecule has 0 amide bonds. The second-order valence-corrected chi connectivity index (χ2v) is 4.44. The fourth-order valence-corrected chi connectivity index (χ4v) is 2.13. The van der Waals surface area contributed by atoms with Gasteiger partial charge in [0.15, 0.2) is 5.49 Å². The van der Waals surface area contributed by atoms with Gasteiger partial charge in [-0.2, -0.15) is 4.73 Å². The molecule has 0 radical (unpaired) electrons. The Balaban J connectivity index is 2.26. The summed E-state index contributed by atoms with van der Waals surface area (Å²) >= 11 is 0. The van der Waals surface area contributed by atoms with E-state index in [-0.39, 0.29) is 5.49 Å². The Morgan fingerprint density at radius 1 is 1.18 bits per heavy atom. The third kappa shape index (κ3) is 2.70. The fourth-order valence-electron chi connectivity index (χ4n) is 2.13. The van der Waals surface area contributed by atoms with Crippen LogP contribution in [0.25, 0.3) is 0 Å². The third-order valence-corrected chi connectivity index (χ3v) is 3.10. The van der Waals surface area contributed by atoms with Crippen LogP contribution in [-0.4, -0.2) is 23.0 Å². The highest BCUT2D eigenvalue weighted by Crippen LogP contribution is 2.16. The Morgan fingerprint density at radius 2 is 1.94 bits per heavy atom. The topological polar surface area (TPSA) is 52.2 Å². The van der Waals surface area contributed by atoms with Gasteiger partial charge in [-0.1, -0.05) is 12.2 Å². The molecule has 4 nitrogen and oxygen atoms in total. The van der Waals surface area contributed by atoms with E-state index in [1.54, 1.807) is 6.07 Å². The molecule has 2 rings (SSSR count). The van der Waals surface area contributed by atoms with Crippen molar-refractivity contribution in [2.45, 2.75) is 26.2 Å². The molecule has 0 aliphatic carbocycles. The number of nitrogens with one attached hydrogen (secondary N) is 1.